The number of phenolic OH excluding ortho intramolecular Hbond substituents is 1. The molecule has 0 aromatic heterocycles. The number of amides is 1. The first kappa shape index (κ1) is 12.7. The summed E-state index contributed by atoms with van der Waals surface area (Å²) in [6, 6.07) is 1.46. The second-order valence-electron chi connectivity index (χ2n) is 4.09. The Labute approximate surface area is 99.6 Å². The van der Waals surface area contributed by atoms with Crippen LogP contribution < -0.4 is 0 Å². The van der Waals surface area contributed by atoms with Gasteiger partial charge in [-0.3, -0.25) is 4.79 Å². The van der Waals surface area contributed by atoms with E-state index in [0.29, 0.717) is 11.0 Å². The van der Waals surface area contributed by atoms with Crippen molar-refractivity contribution in [1.82, 2.24) is 4.90 Å². The third-order valence-corrected chi connectivity index (χ3v) is 2.74. The predicted molar refractivity (Wildman–Crippen MR) is 53.5 cm³/mol. The first-order valence-corrected chi connectivity index (χ1v) is 5.16. The molecule has 1 aliphatic rings. The molecule has 18 heavy (non-hydrogen) atoms. The highest BCUT2D eigenvalue weighted by atomic mass is 19.3. The minimum Gasteiger partial charge on any atom is -0.505 e. The van der Waals surface area contributed by atoms with Gasteiger partial charge >= 0.3 is 0 Å². The van der Waals surface area contributed by atoms with Crippen LogP contribution in [0.15, 0.2) is 12.1 Å². The zero-order valence-corrected chi connectivity index (χ0v) is 9.09. The molecule has 3 nitrogen and oxygen atoms in total. The van der Waals surface area contributed by atoms with E-state index in [-0.39, 0.29) is 6.54 Å². The Morgan fingerprint density at radius 1 is 1.33 bits per heavy atom. The lowest BCUT2D eigenvalue weighted by atomic mass is 10.1. The molecule has 1 fully saturated rings. The van der Waals surface area contributed by atoms with Gasteiger partial charge in [-0.25, -0.2) is 17.6 Å². The molecule has 1 saturated heterocycles. The predicted octanol–water partition coefficient (Wildman–Crippen LogP) is 2.15. The SMILES string of the molecule is O=C(c1c(F)ccc(O)c1F)N1CCC(F)(F)C1. The smallest absolute Gasteiger partial charge is 0.267 e. The Balaban J connectivity index is 2.33. The maximum atomic E-state index is 13.4. The number of nitrogens with zero attached hydrogens (tertiary/aromatic N) is 1. The molecule has 7 heteroatoms. The summed E-state index contributed by atoms with van der Waals surface area (Å²) in [6.07, 6.45) is -0.541. The summed E-state index contributed by atoms with van der Waals surface area (Å²) >= 11 is 0. The number of hydrogen-bond acceptors (Lipinski definition) is 2. The lowest BCUT2D eigenvalue weighted by Crippen LogP contribution is -2.32. The molecule has 1 N–H and O–H groups in total. The van der Waals surface area contributed by atoms with Crippen molar-refractivity contribution in [3.63, 3.8) is 0 Å². The average Bonchev–Trinajstić information content (AvgIpc) is 2.65. The van der Waals surface area contributed by atoms with E-state index in [1.165, 1.54) is 0 Å². The van der Waals surface area contributed by atoms with Gasteiger partial charge in [-0.15, -0.1) is 0 Å². The van der Waals surface area contributed by atoms with E-state index in [0.717, 1.165) is 6.07 Å². The number of rotatable bonds is 1. The number of carbonyl (C=O) groups excluding carboxylic acids is 1. The van der Waals surface area contributed by atoms with Crippen molar-refractivity contribution < 1.29 is 27.5 Å². The zero-order valence-electron chi connectivity index (χ0n) is 9.09. The van der Waals surface area contributed by atoms with Gasteiger partial charge in [-0.2, -0.15) is 0 Å². The number of halogens is 4. The Hall–Kier alpha value is -1.79. The maximum absolute atomic E-state index is 13.4. The van der Waals surface area contributed by atoms with Gasteiger partial charge in [0.25, 0.3) is 11.8 Å². The van der Waals surface area contributed by atoms with Crippen molar-refractivity contribution in [2.24, 2.45) is 0 Å². The van der Waals surface area contributed by atoms with Gasteiger partial charge in [0.2, 0.25) is 0 Å². The highest BCUT2D eigenvalue weighted by Gasteiger charge is 2.41. The minimum atomic E-state index is -3.04. The molecule has 1 aromatic rings. The van der Waals surface area contributed by atoms with Crippen LogP contribution in [0.3, 0.4) is 0 Å². The topological polar surface area (TPSA) is 40.5 Å². The number of alkyl halides is 2. The lowest BCUT2D eigenvalue weighted by Gasteiger charge is -2.17. The lowest BCUT2D eigenvalue weighted by molar-refractivity contribution is 0.0118. The Kier molecular flexibility index (Phi) is 2.92. The third-order valence-electron chi connectivity index (χ3n) is 2.74. The van der Waals surface area contributed by atoms with Crippen LogP contribution in [-0.4, -0.2) is 34.9 Å². The quantitative estimate of drug-likeness (QED) is 0.789. The maximum Gasteiger partial charge on any atom is 0.267 e. The number of aromatic hydroxyl groups is 1. The van der Waals surface area contributed by atoms with Gasteiger partial charge in [0.05, 0.1) is 6.54 Å². The highest BCUT2D eigenvalue weighted by Crippen LogP contribution is 2.30. The molecule has 0 saturated carbocycles. The van der Waals surface area contributed by atoms with Gasteiger partial charge in [0.15, 0.2) is 11.6 Å². The molecule has 0 aliphatic carbocycles. The second-order valence-corrected chi connectivity index (χ2v) is 4.09. The van der Waals surface area contributed by atoms with E-state index in [1.54, 1.807) is 0 Å². The summed E-state index contributed by atoms with van der Waals surface area (Å²) in [5.74, 6) is -7.75. The standard InChI is InChI=1S/C11H9F4NO2/c12-6-1-2-7(17)9(13)8(6)10(18)16-4-3-11(14,15)5-16/h1-2,17H,3-5H2. The summed E-state index contributed by atoms with van der Waals surface area (Å²) in [5, 5.41) is 9.06. The molecule has 0 radical (unpaired) electrons. The van der Waals surface area contributed by atoms with E-state index >= 15 is 0 Å². The van der Waals surface area contributed by atoms with E-state index in [9.17, 15) is 22.4 Å². The molecule has 98 valence electrons. The summed E-state index contributed by atoms with van der Waals surface area (Å²) in [4.78, 5) is 12.4. The Bertz CT molecular complexity index is 504. The van der Waals surface area contributed by atoms with Crippen LogP contribution in [0.1, 0.15) is 16.8 Å². The zero-order chi connectivity index (χ0) is 13.5. The largest absolute Gasteiger partial charge is 0.505 e. The molecule has 0 unspecified atom stereocenters. The normalized spacial score (nSPS) is 18.1. The van der Waals surface area contributed by atoms with E-state index in [2.05, 4.69) is 0 Å². The fraction of sp³-hybridized carbons (Fsp3) is 0.364. The molecule has 1 amide bonds. The fourth-order valence-electron chi connectivity index (χ4n) is 1.80. The molecule has 0 bridgehead atoms. The third kappa shape index (κ3) is 2.12. The first-order valence-electron chi connectivity index (χ1n) is 5.16. The fourth-order valence-corrected chi connectivity index (χ4v) is 1.80. The second kappa shape index (κ2) is 4.15. The summed E-state index contributed by atoms with van der Waals surface area (Å²) < 4.78 is 52.6. The Morgan fingerprint density at radius 2 is 2.00 bits per heavy atom. The van der Waals surface area contributed by atoms with Crippen molar-refractivity contribution in [2.75, 3.05) is 13.1 Å². The van der Waals surface area contributed by atoms with Gasteiger partial charge < -0.3 is 10.0 Å². The molecule has 0 atom stereocenters. The molecule has 1 aromatic carbocycles. The van der Waals surface area contributed by atoms with Gasteiger partial charge in [-0.05, 0) is 12.1 Å². The van der Waals surface area contributed by atoms with Crippen LogP contribution >= 0.6 is 0 Å². The molecule has 2 rings (SSSR count). The Morgan fingerprint density at radius 3 is 2.56 bits per heavy atom. The molecular weight excluding hydrogens is 254 g/mol. The van der Waals surface area contributed by atoms with Crippen LogP contribution in [0.4, 0.5) is 17.6 Å². The number of likely N-dealkylation sites (tertiary alicyclic amines) is 1. The number of benzene rings is 1. The van der Waals surface area contributed by atoms with E-state index in [1.807, 2.05) is 0 Å². The summed E-state index contributed by atoms with van der Waals surface area (Å²) in [5.41, 5.74) is -1.01. The first-order chi connectivity index (χ1) is 8.32. The highest BCUT2D eigenvalue weighted by molar-refractivity contribution is 5.95. The van der Waals surface area contributed by atoms with Crippen LogP contribution in [0, 0.1) is 11.6 Å². The van der Waals surface area contributed by atoms with Gasteiger partial charge in [0.1, 0.15) is 11.4 Å². The molecular formula is C11H9F4NO2. The van der Waals surface area contributed by atoms with Crippen molar-refractivity contribution >= 4 is 5.91 Å². The van der Waals surface area contributed by atoms with E-state index < -0.39 is 47.7 Å². The summed E-state index contributed by atoms with van der Waals surface area (Å²) in [6.45, 7) is -1.15. The average molecular weight is 263 g/mol. The van der Waals surface area contributed by atoms with Crippen LogP contribution in [0.5, 0.6) is 5.75 Å². The van der Waals surface area contributed by atoms with Crippen molar-refractivity contribution in [2.45, 2.75) is 12.3 Å². The van der Waals surface area contributed by atoms with Crippen molar-refractivity contribution in [1.29, 1.82) is 0 Å². The van der Waals surface area contributed by atoms with Crippen LogP contribution in [0.2, 0.25) is 0 Å². The molecule has 1 heterocycles. The summed E-state index contributed by atoms with van der Waals surface area (Å²) in [7, 11) is 0. The van der Waals surface area contributed by atoms with Gasteiger partial charge in [0, 0.05) is 13.0 Å². The monoisotopic (exact) mass is 263 g/mol. The number of hydrogen-bond donors (Lipinski definition) is 1. The van der Waals surface area contributed by atoms with Crippen molar-refractivity contribution in [3.05, 3.63) is 29.3 Å². The number of carbonyl (C=O) groups is 1. The van der Waals surface area contributed by atoms with Crippen LogP contribution in [-0.2, 0) is 0 Å². The van der Waals surface area contributed by atoms with E-state index in [4.69, 9.17) is 5.11 Å². The van der Waals surface area contributed by atoms with Gasteiger partial charge in [-0.1, -0.05) is 0 Å². The van der Waals surface area contributed by atoms with Crippen molar-refractivity contribution in [3.8, 4) is 5.75 Å². The molecule has 0 spiro atoms. The molecule has 1 aliphatic heterocycles. The minimum absolute atomic E-state index is 0.277. The van der Waals surface area contributed by atoms with Crippen LogP contribution in [0.25, 0.3) is 0 Å². The number of phenols is 1.